The van der Waals surface area contributed by atoms with Crippen LogP contribution in [0.5, 0.6) is 0 Å². The average Bonchev–Trinajstić information content (AvgIpc) is 2.43. The molecule has 0 aromatic heterocycles. The summed E-state index contributed by atoms with van der Waals surface area (Å²) in [5.74, 6) is -0.187. The Bertz CT molecular complexity index is 318. The van der Waals surface area contributed by atoms with E-state index >= 15 is 0 Å². The van der Waals surface area contributed by atoms with Crippen LogP contribution >= 0.6 is 0 Å². The molecule has 1 N–H and O–H groups in total. The summed E-state index contributed by atoms with van der Waals surface area (Å²) in [5.41, 5.74) is 0. The predicted molar refractivity (Wildman–Crippen MR) is 70.8 cm³/mol. The molecule has 124 valence electrons. The van der Waals surface area contributed by atoms with Crippen molar-refractivity contribution in [1.29, 1.82) is 0 Å². The van der Waals surface area contributed by atoms with Crippen molar-refractivity contribution < 1.29 is 27.8 Å². The topological polar surface area (TPSA) is 53.0 Å². The highest BCUT2D eigenvalue weighted by Gasteiger charge is 2.28. The van der Waals surface area contributed by atoms with Crippen molar-refractivity contribution in [2.24, 2.45) is 0 Å². The van der Waals surface area contributed by atoms with E-state index in [2.05, 4.69) is 9.64 Å². The van der Waals surface area contributed by atoms with Gasteiger partial charge in [0, 0.05) is 32.7 Å². The number of alkyl halides is 3. The number of carbonyl (C=O) groups is 1. The third kappa shape index (κ3) is 7.63. The first-order valence-electron chi connectivity index (χ1n) is 7.14. The maximum atomic E-state index is 11.9. The van der Waals surface area contributed by atoms with Crippen LogP contribution in [0.1, 0.15) is 19.8 Å². The molecule has 0 bridgehead atoms. The Morgan fingerprint density at radius 2 is 1.90 bits per heavy atom. The average molecular weight is 312 g/mol. The second-order valence-corrected chi connectivity index (χ2v) is 5.16. The molecule has 1 unspecified atom stereocenters. The fourth-order valence-electron chi connectivity index (χ4n) is 2.11. The molecule has 0 radical (unpaired) electrons. The summed E-state index contributed by atoms with van der Waals surface area (Å²) >= 11 is 0. The minimum absolute atomic E-state index is 0.0341. The molecule has 8 heteroatoms. The predicted octanol–water partition coefficient (Wildman–Crippen LogP) is 0.870. The molecule has 1 atom stereocenters. The fourth-order valence-corrected chi connectivity index (χ4v) is 2.11. The number of hydrogen-bond acceptors (Lipinski definition) is 4. The van der Waals surface area contributed by atoms with Crippen molar-refractivity contribution in [3.05, 3.63) is 0 Å². The van der Waals surface area contributed by atoms with Crippen molar-refractivity contribution in [2.75, 3.05) is 45.9 Å². The van der Waals surface area contributed by atoms with E-state index in [0.717, 1.165) is 0 Å². The number of β-amino-alcohol motifs (C(OH)–C–C–N with tert-alkyl or cyclic N) is 1. The van der Waals surface area contributed by atoms with Gasteiger partial charge in [-0.15, -0.1) is 0 Å². The first-order valence-corrected chi connectivity index (χ1v) is 7.14. The van der Waals surface area contributed by atoms with Gasteiger partial charge in [0.2, 0.25) is 5.91 Å². The van der Waals surface area contributed by atoms with Gasteiger partial charge < -0.3 is 14.7 Å². The number of ether oxygens (including phenoxy) is 1. The number of nitrogens with zero attached hydrogens (tertiary/aromatic N) is 2. The second-order valence-electron chi connectivity index (χ2n) is 5.16. The van der Waals surface area contributed by atoms with Crippen LogP contribution in [0.15, 0.2) is 0 Å². The van der Waals surface area contributed by atoms with Crippen molar-refractivity contribution in [1.82, 2.24) is 9.80 Å². The zero-order valence-electron chi connectivity index (χ0n) is 12.2. The van der Waals surface area contributed by atoms with Gasteiger partial charge in [0.05, 0.1) is 19.1 Å². The summed E-state index contributed by atoms with van der Waals surface area (Å²) < 4.78 is 40.0. The molecule has 1 saturated heterocycles. The highest BCUT2D eigenvalue weighted by atomic mass is 19.4. The normalized spacial score (nSPS) is 18.8. The van der Waals surface area contributed by atoms with E-state index in [4.69, 9.17) is 0 Å². The standard InChI is InChI=1S/C13H23F3N2O3/c1-2-11(19)9-17-4-6-18(7-5-17)12(20)3-8-21-10-13(14,15)16/h11,19H,2-10H2,1H3. The largest absolute Gasteiger partial charge is 0.411 e. The molecule has 21 heavy (non-hydrogen) atoms. The Kier molecular flexibility index (Phi) is 7.41. The first-order chi connectivity index (χ1) is 9.81. The Labute approximate surface area is 122 Å². The lowest BCUT2D eigenvalue weighted by Crippen LogP contribution is -2.50. The van der Waals surface area contributed by atoms with E-state index < -0.39 is 12.8 Å². The Balaban J connectivity index is 2.17. The third-order valence-corrected chi connectivity index (χ3v) is 3.39. The van der Waals surface area contributed by atoms with Gasteiger partial charge in [-0.1, -0.05) is 6.92 Å². The zero-order valence-corrected chi connectivity index (χ0v) is 12.2. The molecule has 0 saturated carbocycles. The highest BCUT2D eigenvalue weighted by Crippen LogP contribution is 2.14. The molecular weight excluding hydrogens is 289 g/mol. The lowest BCUT2D eigenvalue weighted by Gasteiger charge is -2.35. The lowest BCUT2D eigenvalue weighted by atomic mass is 10.2. The van der Waals surface area contributed by atoms with Gasteiger partial charge in [-0.05, 0) is 6.42 Å². The van der Waals surface area contributed by atoms with Crippen molar-refractivity contribution in [2.45, 2.75) is 32.0 Å². The van der Waals surface area contributed by atoms with Crippen LogP contribution < -0.4 is 0 Å². The van der Waals surface area contributed by atoms with E-state index in [-0.39, 0.29) is 25.0 Å². The third-order valence-electron chi connectivity index (χ3n) is 3.39. The Morgan fingerprint density at radius 3 is 2.43 bits per heavy atom. The number of carbonyl (C=O) groups excluding carboxylic acids is 1. The SMILES string of the molecule is CCC(O)CN1CCN(C(=O)CCOCC(F)(F)F)CC1. The maximum Gasteiger partial charge on any atom is 0.411 e. The Hall–Kier alpha value is -0.860. The molecule has 1 heterocycles. The quantitative estimate of drug-likeness (QED) is 0.709. The van der Waals surface area contributed by atoms with Crippen molar-refractivity contribution in [3.8, 4) is 0 Å². The van der Waals surface area contributed by atoms with Gasteiger partial charge in [0.15, 0.2) is 0 Å². The van der Waals surface area contributed by atoms with Gasteiger partial charge in [0.1, 0.15) is 6.61 Å². The number of piperazine rings is 1. The fraction of sp³-hybridized carbons (Fsp3) is 0.923. The van der Waals surface area contributed by atoms with E-state index in [1.54, 1.807) is 4.90 Å². The van der Waals surface area contributed by atoms with Crippen LogP contribution in [0.25, 0.3) is 0 Å². The van der Waals surface area contributed by atoms with Gasteiger partial charge >= 0.3 is 6.18 Å². The lowest BCUT2D eigenvalue weighted by molar-refractivity contribution is -0.175. The smallest absolute Gasteiger partial charge is 0.392 e. The summed E-state index contributed by atoms with van der Waals surface area (Å²) in [7, 11) is 0. The minimum atomic E-state index is -4.35. The molecule has 0 spiro atoms. The number of rotatable bonds is 7. The number of amides is 1. The van der Waals surface area contributed by atoms with E-state index in [1.807, 2.05) is 6.92 Å². The van der Waals surface area contributed by atoms with E-state index in [1.165, 1.54) is 0 Å². The van der Waals surface area contributed by atoms with E-state index in [9.17, 15) is 23.1 Å². The summed E-state index contributed by atoms with van der Waals surface area (Å²) in [4.78, 5) is 15.5. The molecule has 0 aromatic carbocycles. The number of aliphatic hydroxyl groups excluding tert-OH is 1. The highest BCUT2D eigenvalue weighted by molar-refractivity contribution is 5.76. The summed E-state index contributed by atoms with van der Waals surface area (Å²) in [6.07, 6.45) is -4.05. The molecule has 0 aliphatic carbocycles. The van der Waals surface area contributed by atoms with Gasteiger partial charge in [0.25, 0.3) is 0 Å². The van der Waals surface area contributed by atoms with Crippen molar-refractivity contribution in [3.63, 3.8) is 0 Å². The second kappa shape index (κ2) is 8.55. The minimum Gasteiger partial charge on any atom is -0.392 e. The molecule has 0 aromatic rings. The summed E-state index contributed by atoms with van der Waals surface area (Å²) in [5, 5.41) is 9.56. The molecule has 5 nitrogen and oxygen atoms in total. The molecular formula is C13H23F3N2O3. The van der Waals surface area contributed by atoms with E-state index in [0.29, 0.717) is 39.1 Å². The van der Waals surface area contributed by atoms with Gasteiger partial charge in [-0.25, -0.2) is 0 Å². The molecule has 1 rings (SSSR count). The number of halogens is 3. The first kappa shape index (κ1) is 18.2. The summed E-state index contributed by atoms with van der Waals surface area (Å²) in [6, 6.07) is 0. The van der Waals surface area contributed by atoms with Crippen LogP contribution in [0.3, 0.4) is 0 Å². The van der Waals surface area contributed by atoms with Gasteiger partial charge in [-0.3, -0.25) is 9.69 Å². The zero-order chi connectivity index (χ0) is 15.9. The van der Waals surface area contributed by atoms with Crippen LogP contribution in [0.4, 0.5) is 13.2 Å². The van der Waals surface area contributed by atoms with Crippen LogP contribution in [-0.2, 0) is 9.53 Å². The molecule has 1 amide bonds. The summed E-state index contributed by atoms with van der Waals surface area (Å²) in [6.45, 7) is 3.39. The maximum absolute atomic E-state index is 11.9. The Morgan fingerprint density at radius 1 is 1.29 bits per heavy atom. The van der Waals surface area contributed by atoms with Crippen LogP contribution in [0.2, 0.25) is 0 Å². The molecule has 1 aliphatic rings. The number of aliphatic hydroxyl groups is 1. The van der Waals surface area contributed by atoms with Crippen LogP contribution in [-0.4, -0.2) is 79.0 Å². The number of hydrogen-bond donors (Lipinski definition) is 1. The molecule has 1 aliphatic heterocycles. The van der Waals surface area contributed by atoms with Gasteiger partial charge in [-0.2, -0.15) is 13.2 Å². The monoisotopic (exact) mass is 312 g/mol. The van der Waals surface area contributed by atoms with Crippen molar-refractivity contribution >= 4 is 5.91 Å². The van der Waals surface area contributed by atoms with Crippen LogP contribution in [0, 0.1) is 0 Å². The molecule has 1 fully saturated rings.